The molecule has 1 aromatic carbocycles. The van der Waals surface area contributed by atoms with E-state index in [2.05, 4.69) is 21.2 Å². The maximum Gasteiger partial charge on any atom is 0.252 e. The fraction of sp³-hybridized carbons (Fsp3) is 0.500. The Labute approximate surface area is 132 Å². The molecule has 5 heteroatoms. The van der Waals surface area contributed by atoms with Gasteiger partial charge in [-0.2, -0.15) is 0 Å². The monoisotopic (exact) mass is 363 g/mol. The minimum Gasteiger partial charge on any atom is -0.352 e. The molecule has 1 aliphatic carbocycles. The van der Waals surface area contributed by atoms with Crippen LogP contribution in [0.4, 0.5) is 0 Å². The SMILES string of the molecule is O=C(NCC1CCCC(Cl)C1)c1cc(Cl)ccc1Br. The van der Waals surface area contributed by atoms with E-state index in [1.165, 1.54) is 0 Å². The zero-order valence-electron chi connectivity index (χ0n) is 10.5. The van der Waals surface area contributed by atoms with Gasteiger partial charge in [0.1, 0.15) is 0 Å². The first-order valence-corrected chi connectivity index (χ1v) is 8.04. The summed E-state index contributed by atoms with van der Waals surface area (Å²) in [4.78, 5) is 12.1. The van der Waals surface area contributed by atoms with Gasteiger partial charge in [-0.05, 0) is 59.3 Å². The lowest BCUT2D eigenvalue weighted by molar-refractivity contribution is 0.0943. The first kappa shape index (κ1) is 15.1. The number of halogens is 3. The van der Waals surface area contributed by atoms with Gasteiger partial charge in [-0.1, -0.05) is 18.0 Å². The van der Waals surface area contributed by atoms with Gasteiger partial charge in [0.25, 0.3) is 5.91 Å². The van der Waals surface area contributed by atoms with Crippen molar-refractivity contribution in [2.75, 3.05) is 6.54 Å². The van der Waals surface area contributed by atoms with Gasteiger partial charge in [0.2, 0.25) is 0 Å². The summed E-state index contributed by atoms with van der Waals surface area (Å²) in [5.41, 5.74) is 0.575. The van der Waals surface area contributed by atoms with Gasteiger partial charge in [-0.15, -0.1) is 11.6 Å². The van der Waals surface area contributed by atoms with Crippen LogP contribution in [0, 0.1) is 5.92 Å². The van der Waals surface area contributed by atoms with Crippen LogP contribution in [0.3, 0.4) is 0 Å². The Kier molecular flexibility index (Phi) is 5.55. The van der Waals surface area contributed by atoms with Crippen molar-refractivity contribution in [2.24, 2.45) is 5.92 Å². The van der Waals surface area contributed by atoms with E-state index in [0.717, 1.165) is 30.2 Å². The van der Waals surface area contributed by atoms with Crippen molar-refractivity contribution in [3.8, 4) is 0 Å². The number of amides is 1. The average Bonchev–Trinajstić information content (AvgIpc) is 2.39. The van der Waals surface area contributed by atoms with E-state index < -0.39 is 0 Å². The van der Waals surface area contributed by atoms with Crippen LogP contribution in [0.5, 0.6) is 0 Å². The van der Waals surface area contributed by atoms with E-state index in [4.69, 9.17) is 23.2 Å². The zero-order chi connectivity index (χ0) is 13.8. The van der Waals surface area contributed by atoms with Crippen molar-refractivity contribution in [3.63, 3.8) is 0 Å². The number of nitrogens with one attached hydrogen (secondary N) is 1. The van der Waals surface area contributed by atoms with Gasteiger partial charge < -0.3 is 5.32 Å². The number of carbonyl (C=O) groups is 1. The zero-order valence-corrected chi connectivity index (χ0v) is 13.6. The summed E-state index contributed by atoms with van der Waals surface area (Å²) in [6.45, 7) is 0.682. The minimum absolute atomic E-state index is 0.0916. The molecule has 0 spiro atoms. The van der Waals surface area contributed by atoms with Crippen molar-refractivity contribution in [1.82, 2.24) is 5.32 Å². The fourth-order valence-corrected chi connectivity index (χ4v) is 3.42. The highest BCUT2D eigenvalue weighted by atomic mass is 79.9. The first-order chi connectivity index (χ1) is 9.06. The van der Waals surface area contributed by atoms with Gasteiger partial charge in [-0.3, -0.25) is 4.79 Å². The quantitative estimate of drug-likeness (QED) is 0.778. The predicted molar refractivity (Wildman–Crippen MR) is 83.1 cm³/mol. The minimum atomic E-state index is -0.0916. The van der Waals surface area contributed by atoms with Crippen molar-refractivity contribution >= 4 is 45.0 Å². The van der Waals surface area contributed by atoms with Crippen LogP contribution in [0.2, 0.25) is 5.02 Å². The van der Waals surface area contributed by atoms with E-state index in [1.54, 1.807) is 18.2 Å². The highest BCUT2D eigenvalue weighted by molar-refractivity contribution is 9.10. The van der Waals surface area contributed by atoms with E-state index in [-0.39, 0.29) is 11.3 Å². The normalized spacial score (nSPS) is 23.1. The molecule has 2 unspecified atom stereocenters. The Balaban J connectivity index is 1.92. The Morgan fingerprint density at radius 2 is 2.21 bits per heavy atom. The van der Waals surface area contributed by atoms with Crippen LogP contribution < -0.4 is 5.32 Å². The topological polar surface area (TPSA) is 29.1 Å². The molecule has 1 saturated carbocycles. The molecular formula is C14H16BrCl2NO. The number of hydrogen-bond acceptors (Lipinski definition) is 1. The van der Waals surface area contributed by atoms with Crippen molar-refractivity contribution in [2.45, 2.75) is 31.1 Å². The lowest BCUT2D eigenvalue weighted by Crippen LogP contribution is -2.32. The van der Waals surface area contributed by atoms with Crippen molar-refractivity contribution in [1.29, 1.82) is 0 Å². The lowest BCUT2D eigenvalue weighted by atomic mass is 9.89. The van der Waals surface area contributed by atoms with E-state index in [9.17, 15) is 4.79 Å². The predicted octanol–water partition coefficient (Wildman–Crippen LogP) is 4.63. The van der Waals surface area contributed by atoms with Crippen LogP contribution in [-0.4, -0.2) is 17.8 Å². The number of alkyl halides is 1. The highest BCUT2D eigenvalue weighted by Gasteiger charge is 2.21. The summed E-state index contributed by atoms with van der Waals surface area (Å²) in [7, 11) is 0. The summed E-state index contributed by atoms with van der Waals surface area (Å²) in [5.74, 6) is 0.393. The third kappa shape index (κ3) is 4.37. The first-order valence-electron chi connectivity index (χ1n) is 6.43. The molecule has 104 valence electrons. The Bertz CT molecular complexity index is 467. The molecule has 0 radical (unpaired) electrons. The Morgan fingerprint density at radius 1 is 1.42 bits per heavy atom. The van der Waals surface area contributed by atoms with Crippen LogP contribution >= 0.6 is 39.1 Å². The molecule has 1 fully saturated rings. The van der Waals surface area contributed by atoms with E-state index in [0.29, 0.717) is 23.0 Å². The van der Waals surface area contributed by atoms with E-state index in [1.807, 2.05) is 0 Å². The second kappa shape index (κ2) is 6.96. The van der Waals surface area contributed by atoms with Crippen molar-refractivity contribution in [3.05, 3.63) is 33.3 Å². The molecule has 0 saturated heterocycles. The molecule has 2 atom stereocenters. The van der Waals surface area contributed by atoms with Gasteiger partial charge in [-0.25, -0.2) is 0 Å². The summed E-state index contributed by atoms with van der Waals surface area (Å²) in [6.07, 6.45) is 4.36. The van der Waals surface area contributed by atoms with Gasteiger partial charge in [0.05, 0.1) is 5.56 Å². The Hall–Kier alpha value is -0.250. The summed E-state index contributed by atoms with van der Waals surface area (Å²) < 4.78 is 0.758. The second-order valence-corrected chi connectivity index (χ2v) is 6.87. The van der Waals surface area contributed by atoms with Crippen LogP contribution in [-0.2, 0) is 0 Å². The molecule has 2 rings (SSSR count). The fourth-order valence-electron chi connectivity index (χ4n) is 2.41. The maximum atomic E-state index is 12.1. The Morgan fingerprint density at radius 3 is 2.95 bits per heavy atom. The third-order valence-corrected chi connectivity index (χ3v) is 4.77. The smallest absolute Gasteiger partial charge is 0.252 e. The highest BCUT2D eigenvalue weighted by Crippen LogP contribution is 2.27. The molecule has 1 N–H and O–H groups in total. The number of carbonyl (C=O) groups excluding carboxylic acids is 1. The maximum absolute atomic E-state index is 12.1. The molecule has 1 aliphatic rings. The van der Waals surface area contributed by atoms with Gasteiger partial charge in [0, 0.05) is 21.4 Å². The molecule has 1 aromatic rings. The molecule has 0 aromatic heterocycles. The third-order valence-electron chi connectivity index (χ3n) is 3.44. The molecule has 0 bridgehead atoms. The number of benzene rings is 1. The van der Waals surface area contributed by atoms with Gasteiger partial charge in [0.15, 0.2) is 0 Å². The second-order valence-electron chi connectivity index (χ2n) is 4.96. The molecule has 1 amide bonds. The van der Waals surface area contributed by atoms with Crippen LogP contribution in [0.1, 0.15) is 36.0 Å². The van der Waals surface area contributed by atoms with Crippen LogP contribution in [0.15, 0.2) is 22.7 Å². The van der Waals surface area contributed by atoms with Crippen LogP contribution in [0.25, 0.3) is 0 Å². The van der Waals surface area contributed by atoms with E-state index >= 15 is 0 Å². The summed E-state index contributed by atoms with van der Waals surface area (Å²) >= 11 is 15.4. The molecular weight excluding hydrogens is 349 g/mol. The van der Waals surface area contributed by atoms with Gasteiger partial charge >= 0.3 is 0 Å². The molecule has 0 aliphatic heterocycles. The summed E-state index contributed by atoms with van der Waals surface area (Å²) in [5, 5.41) is 3.79. The summed E-state index contributed by atoms with van der Waals surface area (Å²) in [6, 6.07) is 5.21. The largest absolute Gasteiger partial charge is 0.352 e. The lowest BCUT2D eigenvalue weighted by Gasteiger charge is -2.25. The molecule has 0 heterocycles. The number of hydrogen-bond donors (Lipinski definition) is 1. The molecule has 2 nitrogen and oxygen atoms in total. The number of rotatable bonds is 3. The average molecular weight is 365 g/mol. The standard InChI is InChI=1S/C14H16BrCl2NO/c15-13-5-4-11(17)7-12(13)14(19)18-8-9-2-1-3-10(16)6-9/h4-5,7,9-10H,1-3,6,8H2,(H,18,19). The van der Waals surface area contributed by atoms with Crippen molar-refractivity contribution < 1.29 is 4.79 Å². The molecule has 19 heavy (non-hydrogen) atoms.